The molecule has 0 bridgehead atoms. The van der Waals surface area contributed by atoms with Gasteiger partial charge in [-0.05, 0) is 73.0 Å². The van der Waals surface area contributed by atoms with Gasteiger partial charge in [-0.15, -0.1) is 0 Å². The number of rotatable bonds is 5. The molecule has 7 nitrogen and oxygen atoms in total. The van der Waals surface area contributed by atoms with E-state index in [0.717, 1.165) is 16.8 Å². The van der Waals surface area contributed by atoms with Crippen molar-refractivity contribution in [2.45, 2.75) is 44.8 Å². The molecule has 3 aliphatic rings. The van der Waals surface area contributed by atoms with Gasteiger partial charge >= 0.3 is 11.9 Å². The standard InChI is InChI=1S/C28H26Cl2N4O3S/c1-15(2)22-23(26(36)37-25(35)21-17(14-31)12-13-32-21)38-27-33-28(3,18-6-10-20(30)11-7-18)24(34(22)27)16-4-8-19(29)9-5-16/h4-11,15,17,21,24,32H,12-13H2,1-3H3/t17-,21-,24+,28-/m0/s1. The Labute approximate surface area is 235 Å². The van der Waals surface area contributed by atoms with Crippen molar-refractivity contribution in [2.75, 3.05) is 6.54 Å². The van der Waals surface area contributed by atoms with E-state index in [2.05, 4.69) is 23.2 Å². The van der Waals surface area contributed by atoms with Crippen LogP contribution in [0, 0.1) is 23.2 Å². The molecule has 0 spiro atoms. The molecule has 1 saturated heterocycles. The number of nitrogens with zero attached hydrogens (tertiary/aromatic N) is 3. The predicted octanol–water partition coefficient (Wildman–Crippen LogP) is 5.81. The number of ether oxygens (including phenoxy) is 1. The van der Waals surface area contributed by atoms with E-state index in [1.54, 1.807) is 0 Å². The topological polar surface area (TPSA) is 94.8 Å². The number of hydrogen-bond acceptors (Lipinski definition) is 8. The lowest BCUT2D eigenvalue weighted by molar-refractivity contribution is -0.158. The van der Waals surface area contributed by atoms with E-state index in [9.17, 15) is 14.9 Å². The Morgan fingerprint density at radius 3 is 2.39 bits per heavy atom. The number of nitrogens with one attached hydrogen (secondary N) is 1. The molecule has 0 aliphatic carbocycles. The Balaban J connectivity index is 1.54. The van der Waals surface area contributed by atoms with Gasteiger partial charge in [-0.3, -0.25) is 0 Å². The average molecular weight is 570 g/mol. The Bertz CT molecular complexity index is 1380. The van der Waals surface area contributed by atoms with Crippen LogP contribution in [0.15, 0.2) is 64.1 Å². The number of aliphatic imine (C=N–C) groups is 1. The van der Waals surface area contributed by atoms with Crippen molar-refractivity contribution in [3.63, 3.8) is 0 Å². The molecule has 2 aromatic carbocycles. The number of hydrogen-bond donors (Lipinski definition) is 1. The molecule has 0 radical (unpaired) electrons. The molecule has 2 aromatic rings. The van der Waals surface area contributed by atoms with Gasteiger partial charge in [-0.1, -0.05) is 61.3 Å². The summed E-state index contributed by atoms with van der Waals surface area (Å²) in [6, 6.07) is 16.3. The molecule has 0 amide bonds. The molecular formula is C28H26Cl2N4O3S. The Morgan fingerprint density at radius 2 is 1.79 bits per heavy atom. The first kappa shape index (κ1) is 26.8. The summed E-state index contributed by atoms with van der Waals surface area (Å²) >= 11 is 13.6. The third kappa shape index (κ3) is 4.62. The number of carbonyl (C=O) groups is 2. The zero-order chi connectivity index (χ0) is 27.2. The van der Waals surface area contributed by atoms with Crippen molar-refractivity contribution in [1.29, 1.82) is 5.26 Å². The van der Waals surface area contributed by atoms with Crippen LogP contribution < -0.4 is 5.32 Å². The van der Waals surface area contributed by atoms with E-state index in [0.29, 0.717) is 33.1 Å². The summed E-state index contributed by atoms with van der Waals surface area (Å²) in [4.78, 5) is 33.7. The van der Waals surface area contributed by atoms with Crippen LogP contribution in [-0.2, 0) is 19.9 Å². The quantitative estimate of drug-likeness (QED) is 0.359. The first-order valence-electron chi connectivity index (χ1n) is 12.4. The number of amidine groups is 1. The van der Waals surface area contributed by atoms with Gasteiger partial charge in [0.1, 0.15) is 16.5 Å². The first-order chi connectivity index (χ1) is 18.1. The van der Waals surface area contributed by atoms with Gasteiger partial charge in [-0.25, -0.2) is 14.6 Å². The fourth-order valence-electron chi connectivity index (χ4n) is 5.35. The Kier molecular flexibility index (Phi) is 7.31. The van der Waals surface area contributed by atoms with Crippen molar-refractivity contribution in [1.82, 2.24) is 10.2 Å². The van der Waals surface area contributed by atoms with E-state index in [-0.39, 0.29) is 12.0 Å². The van der Waals surface area contributed by atoms with Crippen LogP contribution in [0.3, 0.4) is 0 Å². The lowest BCUT2D eigenvalue weighted by atomic mass is 9.81. The molecule has 0 unspecified atom stereocenters. The van der Waals surface area contributed by atoms with Crippen molar-refractivity contribution >= 4 is 52.1 Å². The zero-order valence-corrected chi connectivity index (χ0v) is 23.4. The number of allylic oxidation sites excluding steroid dienone is 1. The molecule has 4 atom stereocenters. The molecule has 0 aromatic heterocycles. The molecule has 1 fully saturated rings. The van der Waals surface area contributed by atoms with Crippen LogP contribution >= 0.6 is 35.0 Å². The third-order valence-electron chi connectivity index (χ3n) is 7.19. The molecule has 0 saturated carbocycles. The maximum atomic E-state index is 13.4. The maximum absolute atomic E-state index is 13.4. The highest BCUT2D eigenvalue weighted by molar-refractivity contribution is 8.18. The Morgan fingerprint density at radius 1 is 1.16 bits per heavy atom. The van der Waals surface area contributed by atoms with Crippen molar-refractivity contribution in [3.8, 4) is 6.07 Å². The van der Waals surface area contributed by atoms with Crippen molar-refractivity contribution in [2.24, 2.45) is 16.8 Å². The first-order valence-corrected chi connectivity index (χ1v) is 13.9. The second-order valence-corrected chi connectivity index (χ2v) is 11.9. The minimum atomic E-state index is -0.814. The fourth-order valence-corrected chi connectivity index (χ4v) is 6.88. The van der Waals surface area contributed by atoms with Crippen LogP contribution in [-0.4, -0.2) is 34.6 Å². The van der Waals surface area contributed by atoms with Crippen molar-refractivity contribution < 1.29 is 14.3 Å². The molecule has 5 rings (SSSR count). The molecule has 3 heterocycles. The van der Waals surface area contributed by atoms with Gasteiger partial charge < -0.3 is 15.0 Å². The van der Waals surface area contributed by atoms with Gasteiger partial charge in [0.05, 0.1) is 18.0 Å². The lowest BCUT2D eigenvalue weighted by Gasteiger charge is -2.37. The second kappa shape index (κ2) is 10.4. The average Bonchev–Trinajstić information content (AvgIpc) is 3.57. The van der Waals surface area contributed by atoms with Gasteiger partial charge in [-0.2, -0.15) is 5.26 Å². The predicted molar refractivity (Wildman–Crippen MR) is 148 cm³/mol. The second-order valence-electron chi connectivity index (χ2n) is 10.0. The van der Waals surface area contributed by atoms with E-state index in [1.165, 1.54) is 11.8 Å². The van der Waals surface area contributed by atoms with E-state index >= 15 is 0 Å². The number of halogens is 2. The molecule has 1 N–H and O–H groups in total. The monoisotopic (exact) mass is 568 g/mol. The molecule has 196 valence electrons. The number of esters is 2. The van der Waals surface area contributed by atoms with E-state index < -0.39 is 29.4 Å². The zero-order valence-electron chi connectivity index (χ0n) is 21.1. The minimum Gasteiger partial charge on any atom is -0.388 e. The fraction of sp³-hybridized carbons (Fsp3) is 0.357. The summed E-state index contributed by atoms with van der Waals surface area (Å²) in [7, 11) is 0. The highest BCUT2D eigenvalue weighted by atomic mass is 35.5. The summed E-state index contributed by atoms with van der Waals surface area (Å²) in [6.45, 7) is 6.58. The van der Waals surface area contributed by atoms with Crippen molar-refractivity contribution in [3.05, 3.63) is 80.3 Å². The summed E-state index contributed by atoms with van der Waals surface area (Å²) in [6.07, 6.45) is 0.537. The number of fused-ring (bicyclic) bond motifs is 1. The summed E-state index contributed by atoms with van der Waals surface area (Å²) in [5.74, 6) is -2.06. The van der Waals surface area contributed by atoms with Crippen LogP contribution in [0.4, 0.5) is 0 Å². The number of nitriles is 1. The number of carbonyl (C=O) groups excluding carboxylic acids is 2. The highest BCUT2D eigenvalue weighted by Crippen LogP contribution is 2.56. The molecule has 10 heteroatoms. The van der Waals surface area contributed by atoms with Crippen LogP contribution in [0.1, 0.15) is 44.4 Å². The highest BCUT2D eigenvalue weighted by Gasteiger charge is 2.53. The van der Waals surface area contributed by atoms with E-state index in [4.69, 9.17) is 32.9 Å². The van der Waals surface area contributed by atoms with E-state index in [1.807, 2.05) is 62.4 Å². The van der Waals surface area contributed by atoms with Crippen LogP contribution in [0.2, 0.25) is 10.0 Å². The normalized spacial score (nSPS) is 26.4. The maximum Gasteiger partial charge on any atom is 0.354 e. The van der Waals surface area contributed by atoms with Gasteiger partial charge in [0, 0.05) is 15.7 Å². The minimum absolute atomic E-state index is 0.0771. The van der Waals surface area contributed by atoms with Crippen LogP contribution in [0.5, 0.6) is 0 Å². The number of thioether (sulfide) groups is 1. The Hall–Kier alpha value is -2.83. The largest absolute Gasteiger partial charge is 0.388 e. The number of benzene rings is 2. The van der Waals surface area contributed by atoms with Gasteiger partial charge in [0.2, 0.25) is 0 Å². The molecule has 3 aliphatic heterocycles. The van der Waals surface area contributed by atoms with Gasteiger partial charge in [0.25, 0.3) is 0 Å². The SMILES string of the molecule is CC(C)C1=C(C(=O)OC(=O)[C@H]2NCC[C@H]2C#N)SC2=N[C@@](C)(c3ccc(Cl)cc3)[C@@H](c3ccc(Cl)cc3)N21. The van der Waals surface area contributed by atoms with Crippen LogP contribution in [0.25, 0.3) is 0 Å². The lowest BCUT2D eigenvalue weighted by Crippen LogP contribution is -2.38. The summed E-state index contributed by atoms with van der Waals surface area (Å²) in [5.41, 5.74) is 1.99. The smallest absolute Gasteiger partial charge is 0.354 e. The molecule has 38 heavy (non-hydrogen) atoms. The summed E-state index contributed by atoms with van der Waals surface area (Å²) in [5, 5.41) is 14.2. The third-order valence-corrected chi connectivity index (χ3v) is 8.75. The molecular weight excluding hydrogens is 543 g/mol. The summed E-state index contributed by atoms with van der Waals surface area (Å²) < 4.78 is 5.32. The van der Waals surface area contributed by atoms with Gasteiger partial charge in [0.15, 0.2) is 5.17 Å².